The molecule has 1 rings (SSSR count). The molecule has 0 aliphatic rings. The first-order valence-corrected chi connectivity index (χ1v) is 6.79. The number of halogens is 1. The van der Waals surface area contributed by atoms with Crippen molar-refractivity contribution in [3.63, 3.8) is 0 Å². The van der Waals surface area contributed by atoms with Crippen molar-refractivity contribution in [3.05, 3.63) is 28.8 Å². The van der Waals surface area contributed by atoms with E-state index in [9.17, 15) is 9.59 Å². The first-order chi connectivity index (χ1) is 9.38. The Morgan fingerprint density at radius 1 is 1.30 bits per heavy atom. The van der Waals surface area contributed by atoms with Crippen LogP contribution >= 0.6 is 11.6 Å². The summed E-state index contributed by atoms with van der Waals surface area (Å²) in [6, 6.07) is 4.92. The van der Waals surface area contributed by atoms with Crippen LogP contribution in [-0.2, 0) is 4.79 Å². The topological polar surface area (TPSA) is 66.6 Å². The summed E-state index contributed by atoms with van der Waals surface area (Å²) in [4.78, 5) is 27.2. The van der Waals surface area contributed by atoms with E-state index < -0.39 is 0 Å². The molecule has 2 amide bonds. The van der Waals surface area contributed by atoms with Gasteiger partial charge in [-0.3, -0.25) is 9.59 Å². The number of hydrogen-bond acceptors (Lipinski definition) is 3. The molecule has 0 aromatic heterocycles. The van der Waals surface area contributed by atoms with Crippen molar-refractivity contribution < 1.29 is 9.59 Å². The SMILES string of the molecule is CCCN(CC(=O)N(C)C)C(=O)c1cccc(Cl)c1N. The highest BCUT2D eigenvalue weighted by molar-refractivity contribution is 6.33. The number of para-hydroxylation sites is 1. The third-order valence-corrected chi connectivity index (χ3v) is 3.22. The normalized spacial score (nSPS) is 10.2. The number of carbonyl (C=O) groups excluding carboxylic acids is 2. The van der Waals surface area contributed by atoms with Crippen LogP contribution in [0.25, 0.3) is 0 Å². The zero-order valence-electron chi connectivity index (χ0n) is 12.0. The number of hydrogen-bond donors (Lipinski definition) is 1. The first-order valence-electron chi connectivity index (χ1n) is 6.41. The fraction of sp³-hybridized carbons (Fsp3) is 0.429. The second-order valence-corrected chi connectivity index (χ2v) is 5.12. The van der Waals surface area contributed by atoms with Crippen LogP contribution in [0.3, 0.4) is 0 Å². The van der Waals surface area contributed by atoms with Crippen molar-refractivity contribution in [3.8, 4) is 0 Å². The van der Waals surface area contributed by atoms with Crippen LogP contribution in [0, 0.1) is 0 Å². The van der Waals surface area contributed by atoms with Crippen LogP contribution in [0.4, 0.5) is 5.69 Å². The van der Waals surface area contributed by atoms with E-state index in [1.165, 1.54) is 9.80 Å². The van der Waals surface area contributed by atoms with E-state index in [4.69, 9.17) is 17.3 Å². The van der Waals surface area contributed by atoms with Gasteiger partial charge in [0.15, 0.2) is 0 Å². The lowest BCUT2D eigenvalue weighted by Crippen LogP contribution is -2.40. The van der Waals surface area contributed by atoms with Crippen LogP contribution in [0.2, 0.25) is 5.02 Å². The Hall–Kier alpha value is -1.75. The van der Waals surface area contributed by atoms with Gasteiger partial charge in [0, 0.05) is 20.6 Å². The molecule has 0 aliphatic heterocycles. The summed E-state index contributed by atoms with van der Waals surface area (Å²) in [6.07, 6.45) is 0.757. The van der Waals surface area contributed by atoms with Gasteiger partial charge in [0.1, 0.15) is 6.54 Å². The molecule has 0 atom stereocenters. The van der Waals surface area contributed by atoms with Crippen molar-refractivity contribution in [2.24, 2.45) is 0 Å². The molecule has 0 bridgehead atoms. The van der Waals surface area contributed by atoms with Crippen LogP contribution in [0.15, 0.2) is 18.2 Å². The Bertz CT molecular complexity index is 503. The summed E-state index contributed by atoms with van der Waals surface area (Å²) >= 11 is 5.92. The average Bonchev–Trinajstić information content (AvgIpc) is 2.40. The number of benzene rings is 1. The van der Waals surface area contributed by atoms with Crippen molar-refractivity contribution in [2.45, 2.75) is 13.3 Å². The maximum Gasteiger partial charge on any atom is 0.256 e. The van der Waals surface area contributed by atoms with Crippen LogP contribution in [0.5, 0.6) is 0 Å². The molecule has 110 valence electrons. The number of nitrogen functional groups attached to an aromatic ring is 1. The maximum absolute atomic E-state index is 12.5. The lowest BCUT2D eigenvalue weighted by atomic mass is 10.1. The van der Waals surface area contributed by atoms with E-state index in [1.807, 2.05) is 6.92 Å². The molecule has 0 saturated heterocycles. The Balaban J connectivity index is 2.99. The molecular formula is C14H20ClN3O2. The molecule has 1 aromatic carbocycles. The number of amides is 2. The molecule has 6 heteroatoms. The predicted octanol–water partition coefficient (Wildman–Crippen LogP) is 1.86. The van der Waals surface area contributed by atoms with Gasteiger partial charge in [-0.05, 0) is 18.6 Å². The molecule has 0 aliphatic carbocycles. The smallest absolute Gasteiger partial charge is 0.256 e. The molecule has 0 heterocycles. The van der Waals surface area contributed by atoms with E-state index in [1.54, 1.807) is 32.3 Å². The monoisotopic (exact) mass is 297 g/mol. The predicted molar refractivity (Wildman–Crippen MR) is 80.8 cm³/mol. The highest BCUT2D eigenvalue weighted by Crippen LogP contribution is 2.23. The van der Waals surface area contributed by atoms with Crippen LogP contribution < -0.4 is 5.73 Å². The average molecular weight is 298 g/mol. The molecule has 0 fully saturated rings. The Morgan fingerprint density at radius 3 is 2.50 bits per heavy atom. The fourth-order valence-corrected chi connectivity index (χ4v) is 1.90. The number of anilines is 1. The number of likely N-dealkylation sites (N-methyl/N-ethyl adjacent to an activating group) is 1. The minimum Gasteiger partial charge on any atom is -0.397 e. The van der Waals surface area contributed by atoms with E-state index in [-0.39, 0.29) is 24.0 Å². The lowest BCUT2D eigenvalue weighted by molar-refractivity contribution is -0.129. The van der Waals surface area contributed by atoms with Crippen molar-refractivity contribution in [1.29, 1.82) is 0 Å². The van der Waals surface area contributed by atoms with E-state index in [0.29, 0.717) is 17.1 Å². The van der Waals surface area contributed by atoms with Gasteiger partial charge < -0.3 is 15.5 Å². The largest absolute Gasteiger partial charge is 0.397 e. The zero-order chi connectivity index (χ0) is 15.3. The second-order valence-electron chi connectivity index (χ2n) is 4.72. The molecule has 0 saturated carbocycles. The van der Waals surface area contributed by atoms with Gasteiger partial charge in [0.05, 0.1) is 16.3 Å². The summed E-state index contributed by atoms with van der Waals surface area (Å²) in [5.41, 5.74) is 6.41. The van der Waals surface area contributed by atoms with Gasteiger partial charge in [-0.1, -0.05) is 24.6 Å². The summed E-state index contributed by atoms with van der Waals surface area (Å²) in [5, 5.41) is 0.339. The Labute approximate surface area is 124 Å². The molecule has 2 N–H and O–H groups in total. The van der Waals surface area contributed by atoms with Gasteiger partial charge in [0.2, 0.25) is 5.91 Å². The molecular weight excluding hydrogens is 278 g/mol. The Morgan fingerprint density at radius 2 is 1.95 bits per heavy atom. The summed E-state index contributed by atoms with van der Waals surface area (Å²) in [7, 11) is 3.31. The van der Waals surface area contributed by atoms with E-state index in [0.717, 1.165) is 6.42 Å². The standard InChI is InChI=1S/C14H20ClN3O2/c1-4-8-18(9-12(19)17(2)3)14(20)10-6-5-7-11(15)13(10)16/h5-7H,4,8-9,16H2,1-3H3. The number of carbonyl (C=O) groups is 2. The minimum absolute atomic E-state index is 0.0334. The molecule has 20 heavy (non-hydrogen) atoms. The number of nitrogens with zero attached hydrogens (tertiary/aromatic N) is 2. The van der Waals surface area contributed by atoms with Crippen molar-refractivity contribution >= 4 is 29.1 Å². The van der Waals surface area contributed by atoms with Gasteiger partial charge in [0.25, 0.3) is 5.91 Å². The summed E-state index contributed by atoms with van der Waals surface area (Å²) < 4.78 is 0. The lowest BCUT2D eigenvalue weighted by Gasteiger charge is -2.24. The van der Waals surface area contributed by atoms with Gasteiger partial charge in [-0.25, -0.2) is 0 Å². The van der Waals surface area contributed by atoms with E-state index >= 15 is 0 Å². The second kappa shape index (κ2) is 7.14. The van der Waals surface area contributed by atoms with Crippen molar-refractivity contribution in [1.82, 2.24) is 9.80 Å². The van der Waals surface area contributed by atoms with Crippen LogP contribution in [0.1, 0.15) is 23.7 Å². The highest BCUT2D eigenvalue weighted by atomic mass is 35.5. The molecule has 0 unspecified atom stereocenters. The van der Waals surface area contributed by atoms with Gasteiger partial charge in [-0.15, -0.1) is 0 Å². The van der Waals surface area contributed by atoms with Gasteiger partial charge in [-0.2, -0.15) is 0 Å². The van der Waals surface area contributed by atoms with Crippen LogP contribution in [-0.4, -0.2) is 48.8 Å². The summed E-state index contributed by atoms with van der Waals surface area (Å²) in [6.45, 7) is 2.47. The minimum atomic E-state index is -0.276. The molecule has 0 radical (unpaired) electrons. The van der Waals surface area contributed by atoms with E-state index in [2.05, 4.69) is 0 Å². The number of rotatable bonds is 5. The molecule has 1 aromatic rings. The fourth-order valence-electron chi connectivity index (χ4n) is 1.72. The summed E-state index contributed by atoms with van der Waals surface area (Å²) in [5.74, 6) is -0.408. The highest BCUT2D eigenvalue weighted by Gasteiger charge is 2.21. The Kier molecular flexibility index (Phi) is 5.82. The van der Waals surface area contributed by atoms with Gasteiger partial charge >= 0.3 is 0 Å². The van der Waals surface area contributed by atoms with Crippen molar-refractivity contribution in [2.75, 3.05) is 32.9 Å². The molecule has 5 nitrogen and oxygen atoms in total. The third-order valence-electron chi connectivity index (χ3n) is 2.89. The maximum atomic E-state index is 12.5. The molecule has 0 spiro atoms. The quantitative estimate of drug-likeness (QED) is 0.844. The first kappa shape index (κ1) is 16.3. The third kappa shape index (κ3) is 3.87. The zero-order valence-corrected chi connectivity index (χ0v) is 12.8. The number of nitrogens with two attached hydrogens (primary N) is 1.